The first-order valence-corrected chi connectivity index (χ1v) is 5.45. The highest BCUT2D eigenvalue weighted by Gasteiger charge is 2.27. The van der Waals surface area contributed by atoms with Crippen molar-refractivity contribution in [2.24, 2.45) is 0 Å². The van der Waals surface area contributed by atoms with E-state index in [2.05, 4.69) is 0 Å². The average molecular weight is 250 g/mol. The van der Waals surface area contributed by atoms with Crippen molar-refractivity contribution in [1.29, 1.82) is 0 Å². The van der Waals surface area contributed by atoms with Crippen LogP contribution in [-0.4, -0.2) is 5.78 Å². The Morgan fingerprint density at radius 1 is 1.29 bits per heavy atom. The van der Waals surface area contributed by atoms with E-state index in [4.69, 9.17) is 34.8 Å². The van der Waals surface area contributed by atoms with E-state index in [1.54, 1.807) is 12.1 Å². The van der Waals surface area contributed by atoms with Crippen LogP contribution in [0.1, 0.15) is 34.1 Å². The lowest BCUT2D eigenvalue weighted by molar-refractivity contribution is 0.0971. The van der Waals surface area contributed by atoms with Gasteiger partial charge in [0.2, 0.25) is 0 Å². The highest BCUT2D eigenvalue weighted by molar-refractivity contribution is 6.43. The minimum atomic E-state index is -0.200. The topological polar surface area (TPSA) is 17.1 Å². The third kappa shape index (κ3) is 1.54. The van der Waals surface area contributed by atoms with Crippen molar-refractivity contribution in [3.63, 3.8) is 0 Å². The molecule has 0 spiro atoms. The molecule has 0 heterocycles. The molecule has 0 aromatic heterocycles. The van der Waals surface area contributed by atoms with Crippen molar-refractivity contribution in [1.82, 2.24) is 0 Å². The first-order valence-electron chi connectivity index (χ1n) is 4.26. The van der Waals surface area contributed by atoms with Gasteiger partial charge >= 0.3 is 0 Å². The van der Waals surface area contributed by atoms with Crippen LogP contribution in [0.15, 0.2) is 12.1 Å². The van der Waals surface area contributed by atoms with E-state index in [-0.39, 0.29) is 11.2 Å². The third-order valence-corrected chi connectivity index (χ3v) is 3.63. The molecule has 1 atom stereocenters. The monoisotopic (exact) mass is 248 g/mol. The normalized spacial score (nSPS) is 20.8. The molecule has 1 aromatic carbocycles. The van der Waals surface area contributed by atoms with Gasteiger partial charge in [0, 0.05) is 17.5 Å². The molecule has 0 bridgehead atoms. The number of carbonyl (C=O) groups excluding carboxylic acids is 1. The quantitative estimate of drug-likeness (QED) is 0.628. The van der Waals surface area contributed by atoms with Gasteiger partial charge < -0.3 is 0 Å². The summed E-state index contributed by atoms with van der Waals surface area (Å²) in [5.74, 6) is 0.0930. The van der Waals surface area contributed by atoms with Gasteiger partial charge in [0.25, 0.3) is 0 Å². The molecular formula is C10H7Cl3O. The highest BCUT2D eigenvalue weighted by Crippen LogP contribution is 2.41. The summed E-state index contributed by atoms with van der Waals surface area (Å²) in [5, 5.41) is 0.664. The van der Waals surface area contributed by atoms with Crippen molar-refractivity contribution in [3.05, 3.63) is 33.3 Å². The standard InChI is InChI=1S/C10H7Cl3O/c11-6-3-4-8(14)5-1-2-7(12)10(13)9(5)6/h1-2,6H,3-4H2. The second-order valence-corrected chi connectivity index (χ2v) is 4.56. The molecule has 1 aliphatic carbocycles. The summed E-state index contributed by atoms with van der Waals surface area (Å²) >= 11 is 18.0. The Kier molecular flexibility index (Phi) is 2.74. The van der Waals surface area contributed by atoms with E-state index in [0.29, 0.717) is 34.0 Å². The van der Waals surface area contributed by atoms with Crippen molar-refractivity contribution in [2.75, 3.05) is 0 Å². The van der Waals surface area contributed by atoms with E-state index in [9.17, 15) is 4.79 Å². The number of rotatable bonds is 0. The molecular weight excluding hydrogens is 242 g/mol. The molecule has 0 radical (unpaired) electrons. The summed E-state index contributed by atoms with van der Waals surface area (Å²) in [5.41, 5.74) is 1.31. The lowest BCUT2D eigenvalue weighted by atomic mass is 9.90. The molecule has 4 heteroatoms. The van der Waals surface area contributed by atoms with Crippen LogP contribution in [0.3, 0.4) is 0 Å². The molecule has 0 N–H and O–H groups in total. The Morgan fingerprint density at radius 2 is 2.00 bits per heavy atom. The molecule has 1 aliphatic rings. The summed E-state index contributed by atoms with van der Waals surface area (Å²) in [7, 11) is 0. The molecule has 0 fully saturated rings. The zero-order valence-corrected chi connectivity index (χ0v) is 9.46. The number of alkyl halides is 1. The van der Waals surface area contributed by atoms with Crippen LogP contribution in [0.5, 0.6) is 0 Å². The van der Waals surface area contributed by atoms with Gasteiger partial charge in [-0.25, -0.2) is 0 Å². The lowest BCUT2D eigenvalue weighted by Gasteiger charge is -2.21. The number of benzene rings is 1. The molecule has 14 heavy (non-hydrogen) atoms. The van der Waals surface area contributed by atoms with Gasteiger partial charge in [-0.3, -0.25) is 4.79 Å². The number of hydrogen-bond acceptors (Lipinski definition) is 1. The molecule has 0 aliphatic heterocycles. The maximum atomic E-state index is 11.5. The van der Waals surface area contributed by atoms with E-state index >= 15 is 0 Å². The predicted molar refractivity (Wildman–Crippen MR) is 58.6 cm³/mol. The first-order chi connectivity index (χ1) is 6.61. The Labute approximate surface area is 97.0 Å². The Morgan fingerprint density at radius 3 is 2.71 bits per heavy atom. The van der Waals surface area contributed by atoms with Crippen LogP contribution < -0.4 is 0 Å². The van der Waals surface area contributed by atoms with Crippen LogP contribution in [0.2, 0.25) is 10.0 Å². The summed E-state index contributed by atoms with van der Waals surface area (Å²) in [6, 6.07) is 3.33. The molecule has 0 saturated carbocycles. The number of Topliss-reactive ketones (excluding diaryl/α,β-unsaturated/α-hetero) is 1. The number of halogens is 3. The molecule has 2 rings (SSSR count). The second-order valence-electron chi connectivity index (χ2n) is 3.25. The molecule has 74 valence electrons. The van der Waals surface area contributed by atoms with E-state index in [1.165, 1.54) is 0 Å². The van der Waals surface area contributed by atoms with Gasteiger partial charge in [0.05, 0.1) is 15.4 Å². The van der Waals surface area contributed by atoms with Gasteiger partial charge in [-0.2, -0.15) is 0 Å². The maximum Gasteiger partial charge on any atom is 0.163 e. The fourth-order valence-corrected chi connectivity index (χ4v) is 2.51. The third-order valence-electron chi connectivity index (χ3n) is 2.37. The number of ketones is 1. The number of hydrogen-bond donors (Lipinski definition) is 0. The fourth-order valence-electron chi connectivity index (χ4n) is 1.65. The molecule has 1 unspecified atom stereocenters. The van der Waals surface area contributed by atoms with Crippen molar-refractivity contribution in [3.8, 4) is 0 Å². The van der Waals surface area contributed by atoms with Crippen LogP contribution >= 0.6 is 34.8 Å². The summed E-state index contributed by atoms with van der Waals surface area (Å²) in [4.78, 5) is 11.5. The van der Waals surface area contributed by atoms with Crippen LogP contribution in [0.4, 0.5) is 0 Å². The van der Waals surface area contributed by atoms with E-state index in [0.717, 1.165) is 0 Å². The Hall–Kier alpha value is -0.240. The van der Waals surface area contributed by atoms with Crippen molar-refractivity contribution in [2.45, 2.75) is 18.2 Å². The largest absolute Gasteiger partial charge is 0.294 e. The zero-order valence-electron chi connectivity index (χ0n) is 7.19. The summed E-state index contributed by atoms with van der Waals surface area (Å²) < 4.78 is 0. The van der Waals surface area contributed by atoms with Crippen molar-refractivity contribution >= 4 is 40.6 Å². The molecule has 0 saturated heterocycles. The number of fused-ring (bicyclic) bond motifs is 1. The van der Waals surface area contributed by atoms with Crippen LogP contribution in [0.25, 0.3) is 0 Å². The number of carbonyl (C=O) groups is 1. The zero-order chi connectivity index (χ0) is 10.3. The minimum Gasteiger partial charge on any atom is -0.294 e. The molecule has 0 amide bonds. The van der Waals surface area contributed by atoms with Gasteiger partial charge in [-0.05, 0) is 18.6 Å². The summed E-state index contributed by atoms with van der Waals surface area (Å²) in [6.45, 7) is 0. The van der Waals surface area contributed by atoms with Gasteiger partial charge in [-0.1, -0.05) is 23.2 Å². The van der Waals surface area contributed by atoms with Gasteiger partial charge in [-0.15, -0.1) is 11.6 Å². The highest BCUT2D eigenvalue weighted by atomic mass is 35.5. The lowest BCUT2D eigenvalue weighted by Crippen LogP contribution is -2.13. The summed E-state index contributed by atoms with van der Waals surface area (Å²) in [6.07, 6.45) is 1.12. The average Bonchev–Trinajstić information content (AvgIpc) is 2.16. The molecule has 1 aromatic rings. The predicted octanol–water partition coefficient (Wildman–Crippen LogP) is 4.25. The van der Waals surface area contributed by atoms with Gasteiger partial charge in [0.1, 0.15) is 0 Å². The van der Waals surface area contributed by atoms with E-state index < -0.39 is 0 Å². The van der Waals surface area contributed by atoms with Crippen LogP contribution in [0, 0.1) is 0 Å². The second kappa shape index (κ2) is 3.73. The smallest absolute Gasteiger partial charge is 0.163 e. The minimum absolute atomic E-state index is 0.0930. The van der Waals surface area contributed by atoms with Crippen LogP contribution in [-0.2, 0) is 0 Å². The Balaban J connectivity index is 2.67. The molecule has 1 nitrogen and oxygen atoms in total. The fraction of sp³-hybridized carbons (Fsp3) is 0.300. The maximum absolute atomic E-state index is 11.5. The SMILES string of the molecule is O=C1CCC(Cl)c2c1ccc(Cl)c2Cl. The Bertz CT molecular complexity index is 401. The first kappa shape index (κ1) is 10.3. The van der Waals surface area contributed by atoms with E-state index in [1.807, 2.05) is 0 Å². The van der Waals surface area contributed by atoms with Gasteiger partial charge in [0.15, 0.2) is 5.78 Å². The van der Waals surface area contributed by atoms with Crippen molar-refractivity contribution < 1.29 is 4.79 Å².